The molecule has 0 aliphatic carbocycles. The van der Waals surface area contributed by atoms with Gasteiger partial charge in [-0.1, -0.05) is 17.7 Å². The second-order valence-corrected chi connectivity index (χ2v) is 9.17. The molecule has 1 amide bonds. The molecule has 13 heteroatoms. The molecule has 1 saturated heterocycles. The molecule has 5 rings (SSSR count). The van der Waals surface area contributed by atoms with E-state index in [0.29, 0.717) is 59.6 Å². The second kappa shape index (κ2) is 12.5. The Bertz CT molecular complexity index is 1510. The van der Waals surface area contributed by atoms with E-state index in [1.54, 1.807) is 41.4 Å². The van der Waals surface area contributed by atoms with Crippen molar-refractivity contribution in [1.29, 1.82) is 0 Å². The number of benzene rings is 2. The van der Waals surface area contributed by atoms with Crippen LogP contribution in [0.2, 0.25) is 5.02 Å². The summed E-state index contributed by atoms with van der Waals surface area (Å²) < 4.78 is 19.5. The molecule has 2 aromatic carbocycles. The summed E-state index contributed by atoms with van der Waals surface area (Å²) in [6, 6.07) is 14.9. The Hall–Kier alpha value is -4.68. The monoisotopic (exact) mass is 562 g/mol. The number of phenols is 1. The summed E-state index contributed by atoms with van der Waals surface area (Å²) >= 11 is 5.94. The number of hydrogen-bond donors (Lipinski definition) is 3. The number of nitrogens with zero attached hydrogens (tertiary/aromatic N) is 6. The third-order valence-electron chi connectivity index (χ3n) is 5.79. The lowest BCUT2D eigenvalue weighted by atomic mass is 10.1. The number of hydrogen-bond acceptors (Lipinski definition) is 10. The summed E-state index contributed by atoms with van der Waals surface area (Å²) in [4.78, 5) is 26.9. The zero-order chi connectivity index (χ0) is 27.9. The normalized spacial score (nSPS) is 13.4. The number of azo groups is 1. The summed E-state index contributed by atoms with van der Waals surface area (Å²) in [5.74, 6) is -0.662. The number of pyridine rings is 1. The molecule has 204 valence electrons. The van der Waals surface area contributed by atoms with Gasteiger partial charge in [0.05, 0.1) is 37.0 Å². The van der Waals surface area contributed by atoms with E-state index in [1.165, 1.54) is 12.1 Å². The van der Waals surface area contributed by atoms with E-state index in [0.717, 1.165) is 6.20 Å². The third-order valence-corrected chi connectivity index (χ3v) is 6.01. The van der Waals surface area contributed by atoms with Gasteiger partial charge in [0.2, 0.25) is 0 Å². The maximum atomic E-state index is 14.2. The van der Waals surface area contributed by atoms with Crippen molar-refractivity contribution in [3.63, 3.8) is 0 Å². The van der Waals surface area contributed by atoms with Gasteiger partial charge in [-0.15, -0.1) is 5.11 Å². The Morgan fingerprint density at radius 1 is 1.05 bits per heavy atom. The predicted octanol–water partition coefficient (Wildman–Crippen LogP) is 5.49. The fourth-order valence-corrected chi connectivity index (χ4v) is 4.14. The zero-order valence-electron chi connectivity index (χ0n) is 21.1. The number of ether oxygens (including phenoxy) is 1. The van der Waals surface area contributed by atoms with Crippen molar-refractivity contribution in [1.82, 2.24) is 15.0 Å². The fraction of sp³-hybridized carbons (Fsp3) is 0.185. The molecule has 0 radical (unpaired) electrons. The number of aromatic nitrogens is 3. The number of phenolic OH excluding ortho intramolecular Hbond substituents is 1. The highest BCUT2D eigenvalue weighted by Crippen LogP contribution is 2.25. The number of rotatable bonds is 8. The molecule has 1 aliphatic rings. The van der Waals surface area contributed by atoms with Gasteiger partial charge in [-0.25, -0.2) is 9.37 Å². The van der Waals surface area contributed by atoms with Crippen molar-refractivity contribution in [3.8, 4) is 5.75 Å². The lowest BCUT2D eigenvalue weighted by Crippen LogP contribution is -2.37. The van der Waals surface area contributed by atoms with E-state index in [-0.39, 0.29) is 30.0 Å². The lowest BCUT2D eigenvalue weighted by molar-refractivity contribution is 0.102. The summed E-state index contributed by atoms with van der Waals surface area (Å²) in [5, 5.41) is 24.0. The molecule has 2 aromatic heterocycles. The minimum Gasteiger partial charge on any atom is -0.508 e. The average molecular weight is 563 g/mol. The van der Waals surface area contributed by atoms with E-state index in [4.69, 9.17) is 16.3 Å². The molecule has 4 aromatic rings. The van der Waals surface area contributed by atoms with Gasteiger partial charge in [-0.05, 0) is 42.5 Å². The van der Waals surface area contributed by atoms with Crippen LogP contribution in [0.4, 0.5) is 33.2 Å². The number of nitrogens with one attached hydrogen (secondary N) is 2. The second-order valence-electron chi connectivity index (χ2n) is 8.74. The molecule has 3 N–H and O–H groups in total. The van der Waals surface area contributed by atoms with Crippen LogP contribution in [0.25, 0.3) is 0 Å². The quantitative estimate of drug-likeness (QED) is 0.240. The Balaban J connectivity index is 1.18. The van der Waals surface area contributed by atoms with E-state index in [1.807, 2.05) is 12.1 Å². The molecule has 0 bridgehead atoms. The highest BCUT2D eigenvalue weighted by atomic mass is 35.5. The highest BCUT2D eigenvalue weighted by Gasteiger charge is 2.17. The molecule has 11 nitrogen and oxygen atoms in total. The molecule has 1 aliphatic heterocycles. The standard InChI is InChI=1S/C27H24ClFN8O3/c28-18-11-22(13-23(38)12-18)34-26(39)17-2-1-3-19(10-17)33-21-5-4-20(30-14-21)15-32-36-27-31-16-24(29)25(35-27)37-6-8-40-9-7-37/h1-5,10-14,16,33,38H,6-9,15H2,(H,34,39). The molecular weight excluding hydrogens is 539 g/mol. The van der Waals surface area contributed by atoms with Crippen LogP contribution in [0.3, 0.4) is 0 Å². The lowest BCUT2D eigenvalue weighted by Gasteiger charge is -2.27. The topological polar surface area (TPSA) is 137 Å². The average Bonchev–Trinajstić information content (AvgIpc) is 2.95. The first-order chi connectivity index (χ1) is 19.4. The van der Waals surface area contributed by atoms with E-state index in [2.05, 4.69) is 35.8 Å². The number of carbonyl (C=O) groups excluding carboxylic acids is 1. The predicted molar refractivity (Wildman–Crippen MR) is 148 cm³/mol. The molecule has 0 saturated carbocycles. The number of halogens is 2. The first kappa shape index (κ1) is 26.9. The number of anilines is 4. The smallest absolute Gasteiger partial charge is 0.270 e. The Morgan fingerprint density at radius 2 is 1.90 bits per heavy atom. The number of carbonyl (C=O) groups is 1. The first-order valence-corrected chi connectivity index (χ1v) is 12.7. The SMILES string of the molecule is O=C(Nc1cc(O)cc(Cl)c1)c1cccc(Nc2ccc(CN=Nc3ncc(F)c(N4CCOCC4)n3)nc2)c1. The van der Waals surface area contributed by atoms with Gasteiger partial charge >= 0.3 is 0 Å². The van der Waals surface area contributed by atoms with Gasteiger partial charge < -0.3 is 25.4 Å². The van der Waals surface area contributed by atoms with Crippen LogP contribution in [0.1, 0.15) is 16.1 Å². The van der Waals surface area contributed by atoms with Crippen molar-refractivity contribution in [3.05, 3.63) is 89.1 Å². The van der Waals surface area contributed by atoms with Crippen molar-refractivity contribution < 1.29 is 19.0 Å². The van der Waals surface area contributed by atoms with E-state index >= 15 is 0 Å². The minimum absolute atomic E-state index is 0.0441. The van der Waals surface area contributed by atoms with E-state index in [9.17, 15) is 14.3 Å². The maximum absolute atomic E-state index is 14.2. The Morgan fingerprint density at radius 3 is 2.67 bits per heavy atom. The number of aromatic hydroxyl groups is 1. The summed E-state index contributed by atoms with van der Waals surface area (Å²) in [6.07, 6.45) is 2.73. The van der Waals surface area contributed by atoms with Crippen molar-refractivity contribution >= 4 is 46.3 Å². The molecule has 0 unspecified atom stereocenters. The van der Waals surface area contributed by atoms with Crippen LogP contribution in [0.5, 0.6) is 5.75 Å². The minimum atomic E-state index is -0.516. The molecule has 1 fully saturated rings. The number of amides is 1. The van der Waals surface area contributed by atoms with Crippen molar-refractivity contribution in [2.24, 2.45) is 10.2 Å². The van der Waals surface area contributed by atoms with Crippen LogP contribution < -0.4 is 15.5 Å². The summed E-state index contributed by atoms with van der Waals surface area (Å²) in [7, 11) is 0. The largest absolute Gasteiger partial charge is 0.508 e. The Kier molecular flexibility index (Phi) is 8.38. The molecular formula is C27H24ClFN8O3. The van der Waals surface area contributed by atoms with Crippen LogP contribution in [-0.4, -0.2) is 52.3 Å². The van der Waals surface area contributed by atoms with Gasteiger partial charge in [0.1, 0.15) is 12.3 Å². The zero-order valence-corrected chi connectivity index (χ0v) is 21.8. The van der Waals surface area contributed by atoms with Crippen LogP contribution >= 0.6 is 11.6 Å². The van der Waals surface area contributed by atoms with Crippen LogP contribution in [0.15, 0.2) is 77.2 Å². The van der Waals surface area contributed by atoms with Crippen LogP contribution in [0, 0.1) is 5.82 Å². The van der Waals surface area contributed by atoms with Gasteiger partial charge in [-0.2, -0.15) is 10.1 Å². The molecule has 3 heterocycles. The molecule has 0 atom stereocenters. The summed E-state index contributed by atoms with van der Waals surface area (Å²) in [6.45, 7) is 2.28. The van der Waals surface area contributed by atoms with Crippen molar-refractivity contribution in [2.75, 3.05) is 41.8 Å². The van der Waals surface area contributed by atoms with Gasteiger partial charge in [0.25, 0.3) is 11.9 Å². The highest BCUT2D eigenvalue weighted by molar-refractivity contribution is 6.31. The first-order valence-electron chi connectivity index (χ1n) is 12.3. The Labute approximate surface area is 233 Å². The van der Waals surface area contributed by atoms with Gasteiger partial charge in [-0.3, -0.25) is 9.78 Å². The van der Waals surface area contributed by atoms with E-state index < -0.39 is 5.82 Å². The summed E-state index contributed by atoms with van der Waals surface area (Å²) in [5.41, 5.74) is 2.83. The third kappa shape index (κ3) is 7.04. The fourth-order valence-electron chi connectivity index (χ4n) is 3.91. The molecule has 0 spiro atoms. The maximum Gasteiger partial charge on any atom is 0.270 e. The number of morpholine rings is 1. The van der Waals surface area contributed by atoms with Gasteiger partial charge in [0.15, 0.2) is 11.6 Å². The van der Waals surface area contributed by atoms with Crippen molar-refractivity contribution in [2.45, 2.75) is 6.54 Å². The van der Waals surface area contributed by atoms with Gasteiger partial charge in [0, 0.05) is 41.1 Å². The molecule has 40 heavy (non-hydrogen) atoms. The van der Waals surface area contributed by atoms with Crippen LogP contribution in [-0.2, 0) is 11.3 Å².